The number of amides is 1. The second-order valence-electron chi connectivity index (χ2n) is 5.44. The monoisotopic (exact) mass is 375 g/mol. The van der Waals surface area contributed by atoms with Crippen molar-refractivity contribution in [2.45, 2.75) is 0 Å². The normalized spacial score (nSPS) is 10.6. The zero-order valence-electron chi connectivity index (χ0n) is 13.5. The standard InChI is InChI=1S/C17H11F2N3O5/c18-9-1-4-14-11(5-9)12(7-20-14)17(24)27-8-16(23)21-10-2-3-13(19)15(6-10)22(25)26/h1-7,20H,8H2,(H,21,23). The maximum absolute atomic E-state index is 13.3. The molecule has 3 aromatic rings. The Morgan fingerprint density at radius 1 is 1.19 bits per heavy atom. The van der Waals surface area contributed by atoms with Gasteiger partial charge < -0.3 is 15.0 Å². The third-order valence-electron chi connectivity index (χ3n) is 3.62. The van der Waals surface area contributed by atoms with Crippen LogP contribution < -0.4 is 5.32 Å². The number of benzene rings is 2. The van der Waals surface area contributed by atoms with E-state index in [4.69, 9.17) is 4.74 Å². The first-order valence-corrected chi connectivity index (χ1v) is 7.52. The second kappa shape index (κ2) is 7.20. The van der Waals surface area contributed by atoms with Crippen LogP contribution in [0.2, 0.25) is 0 Å². The fourth-order valence-electron chi connectivity index (χ4n) is 2.40. The van der Waals surface area contributed by atoms with Gasteiger partial charge in [-0.05, 0) is 30.3 Å². The summed E-state index contributed by atoms with van der Waals surface area (Å²) in [7, 11) is 0. The van der Waals surface area contributed by atoms with Gasteiger partial charge in [-0.1, -0.05) is 0 Å². The van der Waals surface area contributed by atoms with Crippen LogP contribution in [0.3, 0.4) is 0 Å². The summed E-state index contributed by atoms with van der Waals surface area (Å²) in [5.74, 6) is -3.22. The molecule has 0 aliphatic carbocycles. The number of carbonyl (C=O) groups excluding carboxylic acids is 2. The Kier molecular flexibility index (Phi) is 4.79. The predicted molar refractivity (Wildman–Crippen MR) is 90.2 cm³/mol. The lowest BCUT2D eigenvalue weighted by Crippen LogP contribution is -2.21. The van der Waals surface area contributed by atoms with Gasteiger partial charge in [0.15, 0.2) is 6.61 Å². The molecule has 2 aromatic carbocycles. The summed E-state index contributed by atoms with van der Waals surface area (Å²) in [6.45, 7) is -0.688. The number of hydrogen-bond acceptors (Lipinski definition) is 5. The molecule has 0 radical (unpaired) electrons. The van der Waals surface area contributed by atoms with Crippen LogP contribution in [0.25, 0.3) is 10.9 Å². The molecule has 1 heterocycles. The van der Waals surface area contributed by atoms with Crippen LogP contribution in [-0.2, 0) is 9.53 Å². The average molecular weight is 375 g/mol. The minimum absolute atomic E-state index is 0.0293. The minimum Gasteiger partial charge on any atom is -0.452 e. The van der Waals surface area contributed by atoms with Gasteiger partial charge in [0, 0.05) is 28.9 Å². The highest BCUT2D eigenvalue weighted by Gasteiger charge is 2.18. The van der Waals surface area contributed by atoms with Crippen molar-refractivity contribution in [2.24, 2.45) is 0 Å². The molecule has 0 saturated heterocycles. The lowest BCUT2D eigenvalue weighted by atomic mass is 10.2. The molecule has 8 nitrogen and oxygen atoms in total. The van der Waals surface area contributed by atoms with Crippen molar-refractivity contribution in [1.82, 2.24) is 4.98 Å². The van der Waals surface area contributed by atoms with Crippen molar-refractivity contribution < 1.29 is 28.0 Å². The molecule has 27 heavy (non-hydrogen) atoms. The number of nitrogens with one attached hydrogen (secondary N) is 2. The Morgan fingerprint density at radius 3 is 2.70 bits per heavy atom. The third kappa shape index (κ3) is 3.89. The summed E-state index contributed by atoms with van der Waals surface area (Å²) in [5.41, 5.74) is -0.259. The van der Waals surface area contributed by atoms with E-state index < -0.39 is 40.7 Å². The van der Waals surface area contributed by atoms with E-state index in [1.165, 1.54) is 18.3 Å². The Labute approximate surface area is 149 Å². The quantitative estimate of drug-likeness (QED) is 0.404. The first-order valence-electron chi connectivity index (χ1n) is 7.52. The van der Waals surface area contributed by atoms with E-state index in [1.807, 2.05) is 0 Å². The van der Waals surface area contributed by atoms with Crippen LogP contribution in [0.5, 0.6) is 0 Å². The summed E-state index contributed by atoms with van der Waals surface area (Å²) in [4.78, 5) is 36.5. The molecule has 0 unspecified atom stereocenters. The van der Waals surface area contributed by atoms with Crippen LogP contribution in [0.1, 0.15) is 10.4 Å². The Bertz CT molecular complexity index is 1060. The van der Waals surface area contributed by atoms with Gasteiger partial charge in [-0.25, -0.2) is 9.18 Å². The average Bonchev–Trinajstić information content (AvgIpc) is 3.04. The summed E-state index contributed by atoms with van der Waals surface area (Å²) < 4.78 is 31.5. The van der Waals surface area contributed by atoms with Crippen LogP contribution in [0, 0.1) is 21.7 Å². The number of nitro groups is 1. The fraction of sp³-hybridized carbons (Fsp3) is 0.0588. The van der Waals surface area contributed by atoms with E-state index in [0.717, 1.165) is 24.3 Å². The molecule has 0 aliphatic heterocycles. The lowest BCUT2D eigenvalue weighted by molar-refractivity contribution is -0.387. The molecule has 0 bridgehead atoms. The molecular formula is C17H11F2N3O5. The zero-order valence-corrected chi connectivity index (χ0v) is 13.5. The van der Waals surface area contributed by atoms with Crippen molar-refractivity contribution >= 4 is 34.2 Å². The number of anilines is 1. The molecule has 138 valence electrons. The van der Waals surface area contributed by atoms with E-state index in [0.29, 0.717) is 10.9 Å². The molecule has 0 aliphatic rings. The van der Waals surface area contributed by atoms with Gasteiger partial charge in [-0.2, -0.15) is 4.39 Å². The number of rotatable bonds is 5. The molecule has 1 aromatic heterocycles. The topological polar surface area (TPSA) is 114 Å². The maximum atomic E-state index is 13.3. The number of carbonyl (C=O) groups is 2. The number of H-pyrrole nitrogens is 1. The van der Waals surface area contributed by atoms with Gasteiger partial charge in [0.2, 0.25) is 5.82 Å². The molecule has 1 amide bonds. The largest absolute Gasteiger partial charge is 0.452 e. The van der Waals surface area contributed by atoms with Crippen molar-refractivity contribution in [3.05, 3.63) is 69.9 Å². The van der Waals surface area contributed by atoms with Crippen LogP contribution in [-0.4, -0.2) is 28.4 Å². The van der Waals surface area contributed by atoms with Crippen molar-refractivity contribution in [2.75, 3.05) is 11.9 Å². The molecule has 0 saturated carbocycles. The van der Waals surface area contributed by atoms with Crippen molar-refractivity contribution in [3.8, 4) is 0 Å². The lowest BCUT2D eigenvalue weighted by Gasteiger charge is -2.06. The highest BCUT2D eigenvalue weighted by Crippen LogP contribution is 2.22. The van der Waals surface area contributed by atoms with Gasteiger partial charge >= 0.3 is 11.7 Å². The number of halogens is 2. The van der Waals surface area contributed by atoms with Crippen LogP contribution in [0.4, 0.5) is 20.2 Å². The van der Waals surface area contributed by atoms with E-state index in [2.05, 4.69) is 10.3 Å². The van der Waals surface area contributed by atoms with Gasteiger partial charge in [0.05, 0.1) is 10.5 Å². The van der Waals surface area contributed by atoms with Gasteiger partial charge in [0.1, 0.15) is 5.82 Å². The highest BCUT2D eigenvalue weighted by atomic mass is 19.1. The Balaban J connectivity index is 1.65. The molecule has 0 fully saturated rings. The summed E-state index contributed by atoms with van der Waals surface area (Å²) in [6.07, 6.45) is 1.33. The number of fused-ring (bicyclic) bond motifs is 1. The summed E-state index contributed by atoms with van der Waals surface area (Å²) in [5, 5.41) is 13.2. The van der Waals surface area contributed by atoms with E-state index in [9.17, 15) is 28.5 Å². The molecule has 10 heteroatoms. The Hall–Kier alpha value is -3.82. The van der Waals surface area contributed by atoms with E-state index in [1.54, 1.807) is 0 Å². The van der Waals surface area contributed by atoms with Crippen LogP contribution >= 0.6 is 0 Å². The van der Waals surface area contributed by atoms with Gasteiger partial charge in [-0.3, -0.25) is 14.9 Å². The van der Waals surface area contributed by atoms with E-state index >= 15 is 0 Å². The number of nitrogens with zero attached hydrogens (tertiary/aromatic N) is 1. The molecule has 0 spiro atoms. The molecule has 0 atom stereocenters. The second-order valence-corrected chi connectivity index (χ2v) is 5.44. The molecular weight excluding hydrogens is 364 g/mol. The Morgan fingerprint density at radius 2 is 1.96 bits per heavy atom. The number of hydrogen-bond donors (Lipinski definition) is 2. The molecule has 2 N–H and O–H groups in total. The fourth-order valence-corrected chi connectivity index (χ4v) is 2.40. The summed E-state index contributed by atoms with van der Waals surface area (Å²) in [6, 6.07) is 6.64. The van der Waals surface area contributed by atoms with Crippen molar-refractivity contribution in [1.29, 1.82) is 0 Å². The highest BCUT2D eigenvalue weighted by molar-refractivity contribution is 6.05. The first-order chi connectivity index (χ1) is 12.8. The smallest absolute Gasteiger partial charge is 0.340 e. The predicted octanol–water partition coefficient (Wildman–Crippen LogP) is 3.15. The van der Waals surface area contributed by atoms with Crippen LogP contribution in [0.15, 0.2) is 42.6 Å². The zero-order chi connectivity index (χ0) is 19.6. The number of ether oxygens (including phenoxy) is 1. The maximum Gasteiger partial charge on any atom is 0.340 e. The van der Waals surface area contributed by atoms with E-state index in [-0.39, 0.29) is 11.3 Å². The SMILES string of the molecule is O=C(COC(=O)c1c[nH]c2ccc(F)cc12)Nc1ccc(F)c([N+](=O)[O-])c1. The third-order valence-corrected chi connectivity index (χ3v) is 3.62. The summed E-state index contributed by atoms with van der Waals surface area (Å²) >= 11 is 0. The number of nitro benzene ring substituents is 1. The van der Waals surface area contributed by atoms with Crippen molar-refractivity contribution in [3.63, 3.8) is 0 Å². The number of esters is 1. The first kappa shape index (κ1) is 18.0. The van der Waals surface area contributed by atoms with Gasteiger partial charge in [-0.15, -0.1) is 0 Å². The van der Waals surface area contributed by atoms with Gasteiger partial charge in [0.25, 0.3) is 5.91 Å². The number of aromatic amines is 1. The molecule has 3 rings (SSSR count). The minimum atomic E-state index is -1.05. The number of aromatic nitrogens is 1.